The molecule has 0 radical (unpaired) electrons. The van der Waals surface area contributed by atoms with Crippen LogP contribution >= 0.6 is 11.6 Å². The topological polar surface area (TPSA) is 46.4 Å². The van der Waals surface area contributed by atoms with Crippen LogP contribution in [0, 0.1) is 12.8 Å². The average Bonchev–Trinajstić information content (AvgIpc) is 2.98. The maximum atomic E-state index is 13.0. The second-order valence-corrected chi connectivity index (χ2v) is 7.54. The van der Waals surface area contributed by atoms with E-state index in [2.05, 4.69) is 34.6 Å². The maximum absolute atomic E-state index is 13.0. The van der Waals surface area contributed by atoms with Gasteiger partial charge in [-0.3, -0.25) is 4.79 Å². The van der Waals surface area contributed by atoms with Crippen LogP contribution in [0.3, 0.4) is 0 Å². The predicted molar refractivity (Wildman–Crippen MR) is 97.1 cm³/mol. The number of rotatable bonds is 2. The third kappa shape index (κ3) is 2.20. The molecule has 1 aromatic carbocycles. The van der Waals surface area contributed by atoms with Crippen molar-refractivity contribution in [3.63, 3.8) is 0 Å². The zero-order valence-corrected chi connectivity index (χ0v) is 14.6. The molecule has 0 saturated heterocycles. The Hall–Kier alpha value is -2.33. The van der Waals surface area contributed by atoms with Crippen LogP contribution in [-0.4, -0.2) is 15.3 Å². The Morgan fingerprint density at radius 3 is 2.80 bits per heavy atom. The second-order valence-electron chi connectivity index (χ2n) is 7.15. The normalized spacial score (nSPS) is 23.8. The number of hydrogen-bond acceptors (Lipinski definition) is 2. The Labute approximate surface area is 150 Å². The lowest BCUT2D eigenvalue weighted by Gasteiger charge is -2.48. The van der Waals surface area contributed by atoms with Gasteiger partial charge < -0.3 is 9.72 Å². The van der Waals surface area contributed by atoms with Crippen LogP contribution in [0.4, 0.5) is 0 Å². The third-order valence-electron chi connectivity index (χ3n) is 5.73. The Morgan fingerprint density at radius 1 is 1.24 bits per heavy atom. The van der Waals surface area contributed by atoms with Crippen LogP contribution in [0.5, 0.6) is 0 Å². The number of carbonyl (C=O) groups is 1. The highest BCUT2D eigenvalue weighted by molar-refractivity contribution is 6.29. The number of halogens is 1. The average molecular weight is 352 g/mol. The lowest BCUT2D eigenvalue weighted by molar-refractivity contribution is 0.0871. The van der Waals surface area contributed by atoms with Crippen LogP contribution in [0.15, 0.2) is 42.6 Å². The van der Waals surface area contributed by atoms with E-state index >= 15 is 0 Å². The van der Waals surface area contributed by atoms with Crippen LogP contribution in [-0.2, 0) is 0 Å². The van der Waals surface area contributed by atoms with E-state index < -0.39 is 0 Å². The minimum Gasteiger partial charge on any atom is -0.345 e. The first kappa shape index (κ1) is 15.0. The number of nitrogens with zero attached hydrogens (tertiary/aromatic N) is 2. The van der Waals surface area contributed by atoms with E-state index in [9.17, 15) is 4.79 Å². The lowest BCUT2D eigenvalue weighted by atomic mass is 9.60. The van der Waals surface area contributed by atoms with E-state index in [-0.39, 0.29) is 11.9 Å². The number of fused-ring (bicyclic) bond motifs is 1. The molecule has 2 bridgehead atoms. The molecule has 1 N–H and O–H groups in total. The molecule has 126 valence electrons. The van der Waals surface area contributed by atoms with Gasteiger partial charge in [-0.1, -0.05) is 35.9 Å². The number of amides is 1. The van der Waals surface area contributed by atoms with Crippen molar-refractivity contribution in [3.05, 3.63) is 70.1 Å². The van der Waals surface area contributed by atoms with Gasteiger partial charge in [-0.05, 0) is 54.9 Å². The van der Waals surface area contributed by atoms with Crippen molar-refractivity contribution in [2.24, 2.45) is 5.92 Å². The van der Waals surface area contributed by atoms with Crippen molar-refractivity contribution in [2.75, 3.05) is 0 Å². The first-order valence-corrected chi connectivity index (χ1v) is 9.03. The zero-order chi connectivity index (χ0) is 17.1. The maximum Gasteiger partial charge on any atom is 0.255 e. The summed E-state index contributed by atoms with van der Waals surface area (Å²) in [5.41, 5.74) is 4.81. The minimum atomic E-state index is -0.0816. The van der Waals surface area contributed by atoms with Gasteiger partial charge >= 0.3 is 0 Å². The van der Waals surface area contributed by atoms with Gasteiger partial charge in [0.2, 0.25) is 0 Å². The highest BCUT2D eigenvalue weighted by atomic mass is 35.5. The van der Waals surface area contributed by atoms with Crippen molar-refractivity contribution in [1.82, 2.24) is 14.7 Å². The fourth-order valence-electron chi connectivity index (χ4n) is 4.40. The number of aromatic nitrogens is 2. The minimum absolute atomic E-state index is 0.0816. The van der Waals surface area contributed by atoms with Gasteiger partial charge in [0.15, 0.2) is 5.65 Å². The summed E-state index contributed by atoms with van der Waals surface area (Å²) in [5.74, 6) is 1.13. The highest BCUT2D eigenvalue weighted by Gasteiger charge is 2.44. The van der Waals surface area contributed by atoms with Crippen molar-refractivity contribution in [1.29, 1.82) is 0 Å². The van der Waals surface area contributed by atoms with Crippen molar-refractivity contribution in [3.8, 4) is 0 Å². The molecule has 5 heteroatoms. The molecule has 3 aliphatic carbocycles. The standard InChI is InChI=1S/C20H18ClN3O/c1-11-8-17(21)22-19-16(6-7-24(11)19)20(25)23-18-13-9-12(10-13)14-4-2-3-5-15(14)18/h2-8,12-13,18H,9-10H2,1H3,(H,23,25). The number of carbonyl (C=O) groups excluding carboxylic acids is 1. The molecule has 3 aromatic rings. The van der Waals surface area contributed by atoms with E-state index in [0.29, 0.717) is 28.2 Å². The SMILES string of the molecule is Cc1cc(Cl)nc2c(C(=O)NC3c4ccccc4C4CC3C4)ccn12. The summed E-state index contributed by atoms with van der Waals surface area (Å²) in [4.78, 5) is 17.3. The quantitative estimate of drug-likeness (QED) is 0.701. The molecule has 6 rings (SSSR count). The molecular formula is C20H18ClN3O. The van der Waals surface area contributed by atoms with Crippen LogP contribution in [0.25, 0.3) is 5.65 Å². The zero-order valence-electron chi connectivity index (χ0n) is 13.9. The molecule has 1 fully saturated rings. The first-order chi connectivity index (χ1) is 12.1. The number of nitrogens with one attached hydrogen (secondary N) is 1. The number of aryl methyl sites for hydroxylation is 1. The van der Waals surface area contributed by atoms with Crippen molar-refractivity contribution >= 4 is 23.2 Å². The molecule has 25 heavy (non-hydrogen) atoms. The summed E-state index contributed by atoms with van der Waals surface area (Å²) in [6.07, 6.45) is 4.21. The molecule has 0 aliphatic heterocycles. The van der Waals surface area contributed by atoms with E-state index in [0.717, 1.165) is 5.69 Å². The Kier molecular flexibility index (Phi) is 3.19. The van der Waals surface area contributed by atoms with Gasteiger partial charge in [-0.25, -0.2) is 4.98 Å². The fourth-order valence-corrected chi connectivity index (χ4v) is 4.64. The molecule has 2 aromatic heterocycles. The molecule has 2 heterocycles. The van der Waals surface area contributed by atoms with Gasteiger partial charge in [0.1, 0.15) is 5.15 Å². The fraction of sp³-hybridized carbons (Fsp3) is 0.300. The molecule has 1 saturated carbocycles. The molecule has 3 aliphatic rings. The van der Waals surface area contributed by atoms with Gasteiger partial charge in [0.05, 0.1) is 11.6 Å². The van der Waals surface area contributed by atoms with Crippen molar-refractivity contribution in [2.45, 2.75) is 31.7 Å². The Balaban J connectivity index is 1.51. The molecule has 1 amide bonds. The molecular weight excluding hydrogens is 334 g/mol. The molecule has 4 nitrogen and oxygen atoms in total. The molecule has 1 atom stereocenters. The lowest BCUT2D eigenvalue weighted by Crippen LogP contribution is -2.43. The molecule has 0 spiro atoms. The summed E-state index contributed by atoms with van der Waals surface area (Å²) in [6, 6.07) is 12.2. The summed E-state index contributed by atoms with van der Waals surface area (Å²) < 4.78 is 1.90. The monoisotopic (exact) mass is 351 g/mol. The second kappa shape index (κ2) is 5.33. The predicted octanol–water partition coefficient (Wildman–Crippen LogP) is 4.27. The van der Waals surface area contributed by atoms with E-state index in [4.69, 9.17) is 11.6 Å². The van der Waals surface area contributed by atoms with E-state index in [1.807, 2.05) is 23.6 Å². The number of benzene rings is 1. The Morgan fingerprint density at radius 2 is 2.00 bits per heavy atom. The van der Waals surface area contributed by atoms with Gasteiger partial charge in [0.25, 0.3) is 5.91 Å². The van der Waals surface area contributed by atoms with Gasteiger partial charge in [-0.2, -0.15) is 0 Å². The highest BCUT2D eigenvalue weighted by Crippen LogP contribution is 2.54. The summed E-state index contributed by atoms with van der Waals surface area (Å²) in [5, 5.41) is 3.67. The van der Waals surface area contributed by atoms with Gasteiger partial charge in [-0.15, -0.1) is 0 Å². The van der Waals surface area contributed by atoms with Crippen molar-refractivity contribution < 1.29 is 4.79 Å². The van der Waals surface area contributed by atoms with Crippen LogP contribution < -0.4 is 5.32 Å². The Bertz CT molecular complexity index is 1000. The smallest absolute Gasteiger partial charge is 0.255 e. The number of hydrogen-bond donors (Lipinski definition) is 1. The third-order valence-corrected chi connectivity index (χ3v) is 5.92. The summed E-state index contributed by atoms with van der Waals surface area (Å²) >= 11 is 6.09. The van der Waals surface area contributed by atoms with E-state index in [1.165, 1.54) is 24.0 Å². The van der Waals surface area contributed by atoms with Crippen LogP contribution in [0.2, 0.25) is 5.15 Å². The summed E-state index contributed by atoms with van der Waals surface area (Å²) in [7, 11) is 0. The molecule has 1 unspecified atom stereocenters. The van der Waals surface area contributed by atoms with Gasteiger partial charge in [0, 0.05) is 11.9 Å². The van der Waals surface area contributed by atoms with Crippen LogP contribution in [0.1, 0.15) is 52.0 Å². The first-order valence-electron chi connectivity index (χ1n) is 8.65. The largest absolute Gasteiger partial charge is 0.345 e. The summed E-state index contributed by atoms with van der Waals surface area (Å²) in [6.45, 7) is 1.95. The van der Waals surface area contributed by atoms with E-state index in [1.54, 1.807) is 6.07 Å².